The molecule has 0 aliphatic heterocycles. The lowest BCUT2D eigenvalue weighted by atomic mass is 10.1. The first-order valence-corrected chi connectivity index (χ1v) is 11.7. The average molecular weight is 450 g/mol. The molecule has 2 N–H and O–H groups in total. The molecule has 1 aromatic carbocycles. The third-order valence-electron chi connectivity index (χ3n) is 5.38. The number of esters is 1. The van der Waals surface area contributed by atoms with E-state index in [0.717, 1.165) is 11.1 Å². The summed E-state index contributed by atoms with van der Waals surface area (Å²) in [5.41, 5.74) is 3.49. The van der Waals surface area contributed by atoms with Gasteiger partial charge in [-0.05, 0) is 63.4 Å². The summed E-state index contributed by atoms with van der Waals surface area (Å²) in [5, 5.41) is 2.80. The fraction of sp³-hybridized carbons (Fsp3) is 0.455. The number of anilines is 1. The van der Waals surface area contributed by atoms with Crippen molar-refractivity contribution in [3.05, 3.63) is 45.8 Å². The van der Waals surface area contributed by atoms with E-state index in [1.54, 1.807) is 47.6 Å². The van der Waals surface area contributed by atoms with Crippen LogP contribution >= 0.6 is 0 Å². The molecule has 2 rings (SSSR count). The molecule has 0 unspecified atom stereocenters. The number of aromatic amines is 1. The maximum absolute atomic E-state index is 13.0. The standard InChI is InChI=1S/C22H31N3O5S/c1-8-25(9-2)31(28,29)17-11-13(4)14(5)18(12-17)24-21(26)20-15(6)19(16(7)23-20)22(27)30-10-3/h11-12,23H,8-10H2,1-7H3,(H,24,26). The highest BCUT2D eigenvalue weighted by atomic mass is 32.2. The van der Waals surface area contributed by atoms with Crippen LogP contribution in [0.4, 0.5) is 5.69 Å². The summed E-state index contributed by atoms with van der Waals surface area (Å²) in [6, 6.07) is 3.09. The number of nitrogens with zero attached hydrogens (tertiary/aromatic N) is 1. The van der Waals surface area contributed by atoms with Crippen molar-refractivity contribution >= 4 is 27.6 Å². The Morgan fingerprint density at radius 1 is 1.03 bits per heavy atom. The van der Waals surface area contributed by atoms with Crippen molar-refractivity contribution in [2.24, 2.45) is 0 Å². The topological polar surface area (TPSA) is 109 Å². The van der Waals surface area contributed by atoms with E-state index >= 15 is 0 Å². The summed E-state index contributed by atoms with van der Waals surface area (Å²) in [5.74, 6) is -0.955. The van der Waals surface area contributed by atoms with Gasteiger partial charge < -0.3 is 15.0 Å². The second-order valence-electron chi connectivity index (χ2n) is 7.30. The minimum atomic E-state index is -3.68. The molecule has 8 nitrogen and oxygen atoms in total. The first-order valence-electron chi connectivity index (χ1n) is 10.3. The molecule has 31 heavy (non-hydrogen) atoms. The van der Waals surface area contributed by atoms with Crippen molar-refractivity contribution in [3.63, 3.8) is 0 Å². The predicted molar refractivity (Wildman–Crippen MR) is 120 cm³/mol. The number of carbonyl (C=O) groups is 2. The highest BCUT2D eigenvalue weighted by Gasteiger charge is 2.26. The summed E-state index contributed by atoms with van der Waals surface area (Å²) < 4.78 is 32.4. The first-order chi connectivity index (χ1) is 14.5. The Hall–Kier alpha value is -2.65. The van der Waals surface area contributed by atoms with Crippen molar-refractivity contribution in [3.8, 4) is 0 Å². The number of amides is 1. The highest BCUT2D eigenvalue weighted by Crippen LogP contribution is 2.27. The van der Waals surface area contributed by atoms with E-state index in [1.165, 1.54) is 10.4 Å². The number of benzene rings is 1. The lowest BCUT2D eigenvalue weighted by Crippen LogP contribution is -2.30. The van der Waals surface area contributed by atoms with Gasteiger partial charge in [0.1, 0.15) is 5.69 Å². The number of carbonyl (C=O) groups excluding carboxylic acids is 2. The van der Waals surface area contributed by atoms with E-state index in [0.29, 0.717) is 35.6 Å². The Morgan fingerprint density at radius 2 is 1.65 bits per heavy atom. The quantitative estimate of drug-likeness (QED) is 0.597. The second kappa shape index (κ2) is 9.65. The van der Waals surface area contributed by atoms with E-state index < -0.39 is 21.9 Å². The lowest BCUT2D eigenvalue weighted by Gasteiger charge is -2.20. The molecule has 0 radical (unpaired) electrons. The van der Waals surface area contributed by atoms with Gasteiger partial charge in [-0.3, -0.25) is 4.79 Å². The molecule has 0 saturated heterocycles. The van der Waals surface area contributed by atoms with Crippen LogP contribution in [0.3, 0.4) is 0 Å². The molecule has 0 fully saturated rings. The van der Waals surface area contributed by atoms with Crippen LogP contribution in [-0.4, -0.2) is 49.3 Å². The fourth-order valence-electron chi connectivity index (χ4n) is 3.49. The van der Waals surface area contributed by atoms with Crippen LogP contribution < -0.4 is 5.32 Å². The normalized spacial score (nSPS) is 11.6. The van der Waals surface area contributed by atoms with Crippen molar-refractivity contribution in [2.75, 3.05) is 25.0 Å². The molecule has 0 saturated carbocycles. The van der Waals surface area contributed by atoms with Crippen molar-refractivity contribution in [2.45, 2.75) is 53.4 Å². The smallest absolute Gasteiger partial charge is 0.340 e. The van der Waals surface area contributed by atoms with Crippen LogP contribution in [0.1, 0.15) is 64.0 Å². The number of H-pyrrole nitrogens is 1. The van der Waals surface area contributed by atoms with Crippen molar-refractivity contribution in [1.29, 1.82) is 0 Å². The Bertz CT molecular complexity index is 1100. The van der Waals surface area contributed by atoms with Crippen LogP contribution in [0, 0.1) is 27.7 Å². The van der Waals surface area contributed by atoms with Gasteiger partial charge in [0, 0.05) is 24.5 Å². The molecule has 1 heterocycles. The molecule has 170 valence electrons. The monoisotopic (exact) mass is 449 g/mol. The van der Waals surface area contributed by atoms with E-state index in [9.17, 15) is 18.0 Å². The summed E-state index contributed by atoms with van der Waals surface area (Å²) in [6.45, 7) is 13.2. The largest absolute Gasteiger partial charge is 0.462 e. The van der Waals surface area contributed by atoms with Gasteiger partial charge in [-0.1, -0.05) is 13.8 Å². The number of rotatable bonds is 8. The van der Waals surface area contributed by atoms with Gasteiger partial charge in [-0.15, -0.1) is 0 Å². The van der Waals surface area contributed by atoms with E-state index in [1.807, 2.05) is 6.92 Å². The molecule has 0 bridgehead atoms. The number of hydrogen-bond acceptors (Lipinski definition) is 5. The summed E-state index contributed by atoms with van der Waals surface area (Å²) in [6.07, 6.45) is 0. The number of ether oxygens (including phenoxy) is 1. The summed E-state index contributed by atoms with van der Waals surface area (Å²) in [4.78, 5) is 28.3. The number of sulfonamides is 1. The van der Waals surface area contributed by atoms with Gasteiger partial charge >= 0.3 is 5.97 Å². The van der Waals surface area contributed by atoms with E-state index in [-0.39, 0.29) is 17.2 Å². The zero-order valence-electron chi connectivity index (χ0n) is 19.2. The van der Waals surface area contributed by atoms with Gasteiger partial charge in [0.15, 0.2) is 0 Å². The average Bonchev–Trinajstić information content (AvgIpc) is 3.00. The minimum absolute atomic E-state index is 0.126. The fourth-order valence-corrected chi connectivity index (χ4v) is 5.06. The molecular weight excluding hydrogens is 418 g/mol. The Kier molecular flexibility index (Phi) is 7.67. The molecule has 2 aromatic rings. The SMILES string of the molecule is CCOC(=O)c1c(C)[nH]c(C(=O)Nc2cc(S(=O)(=O)N(CC)CC)cc(C)c2C)c1C. The summed E-state index contributed by atoms with van der Waals surface area (Å²) in [7, 11) is -3.68. The van der Waals surface area contributed by atoms with Gasteiger partial charge in [0.2, 0.25) is 10.0 Å². The Labute approximate surface area is 184 Å². The van der Waals surface area contributed by atoms with Crippen LogP contribution in [0.25, 0.3) is 0 Å². The highest BCUT2D eigenvalue weighted by molar-refractivity contribution is 7.89. The predicted octanol–water partition coefficient (Wildman–Crippen LogP) is 3.71. The zero-order chi connectivity index (χ0) is 23.5. The molecule has 1 aromatic heterocycles. The molecule has 0 aliphatic rings. The van der Waals surface area contributed by atoms with Gasteiger partial charge in [-0.2, -0.15) is 4.31 Å². The third-order valence-corrected chi connectivity index (χ3v) is 7.40. The summed E-state index contributed by atoms with van der Waals surface area (Å²) >= 11 is 0. The molecular formula is C22H31N3O5S. The molecule has 0 aliphatic carbocycles. The molecule has 9 heteroatoms. The third kappa shape index (κ3) is 4.83. The minimum Gasteiger partial charge on any atom is -0.462 e. The number of nitrogens with one attached hydrogen (secondary N) is 2. The van der Waals surface area contributed by atoms with Crippen LogP contribution in [-0.2, 0) is 14.8 Å². The molecule has 1 amide bonds. The number of hydrogen-bond donors (Lipinski definition) is 2. The van der Waals surface area contributed by atoms with Gasteiger partial charge in [0.05, 0.1) is 17.1 Å². The van der Waals surface area contributed by atoms with Gasteiger partial charge in [0.25, 0.3) is 5.91 Å². The molecule has 0 atom stereocenters. The van der Waals surface area contributed by atoms with Crippen LogP contribution in [0.5, 0.6) is 0 Å². The lowest BCUT2D eigenvalue weighted by molar-refractivity contribution is 0.0525. The first kappa shape index (κ1) is 24.6. The van der Waals surface area contributed by atoms with Crippen molar-refractivity contribution < 1.29 is 22.7 Å². The van der Waals surface area contributed by atoms with Gasteiger partial charge in [-0.25, -0.2) is 13.2 Å². The Balaban J connectivity index is 2.46. The second-order valence-corrected chi connectivity index (χ2v) is 9.24. The van der Waals surface area contributed by atoms with Crippen LogP contribution in [0.2, 0.25) is 0 Å². The van der Waals surface area contributed by atoms with E-state index in [2.05, 4.69) is 10.3 Å². The zero-order valence-corrected chi connectivity index (χ0v) is 20.0. The Morgan fingerprint density at radius 3 is 2.19 bits per heavy atom. The van der Waals surface area contributed by atoms with Crippen LogP contribution in [0.15, 0.2) is 17.0 Å². The number of aryl methyl sites for hydroxylation is 2. The number of aromatic nitrogens is 1. The van der Waals surface area contributed by atoms with E-state index in [4.69, 9.17) is 4.74 Å². The maximum Gasteiger partial charge on any atom is 0.340 e. The molecule has 0 spiro atoms. The maximum atomic E-state index is 13.0. The van der Waals surface area contributed by atoms with Crippen molar-refractivity contribution in [1.82, 2.24) is 9.29 Å².